The quantitative estimate of drug-likeness (QED) is 0.662. The molecule has 1 aromatic carbocycles. The van der Waals surface area contributed by atoms with Gasteiger partial charge in [0, 0.05) is 35.4 Å². The lowest BCUT2D eigenvalue weighted by molar-refractivity contribution is -0.117. The van der Waals surface area contributed by atoms with Gasteiger partial charge in [0.15, 0.2) is 17.3 Å². The Morgan fingerprint density at radius 3 is 2.96 bits per heavy atom. The van der Waals surface area contributed by atoms with Gasteiger partial charge in [-0.1, -0.05) is 6.08 Å². The number of hydrogen-bond acceptors (Lipinski definition) is 6. The van der Waals surface area contributed by atoms with Gasteiger partial charge >= 0.3 is 0 Å². The minimum Gasteiger partial charge on any atom is -0.453 e. The van der Waals surface area contributed by atoms with Crippen LogP contribution in [0.1, 0.15) is 18.2 Å². The highest BCUT2D eigenvalue weighted by Crippen LogP contribution is 2.39. The Bertz CT molecular complexity index is 1060. The van der Waals surface area contributed by atoms with E-state index in [1.807, 2.05) is 12.1 Å². The Morgan fingerprint density at radius 1 is 1.33 bits per heavy atom. The maximum atomic E-state index is 14.1. The van der Waals surface area contributed by atoms with Gasteiger partial charge in [0.1, 0.15) is 5.75 Å². The van der Waals surface area contributed by atoms with Crippen LogP contribution in [0.15, 0.2) is 42.6 Å². The van der Waals surface area contributed by atoms with Gasteiger partial charge in [-0.2, -0.15) is 0 Å². The normalized spacial score (nSPS) is 17.0. The number of ketones is 1. The van der Waals surface area contributed by atoms with Crippen LogP contribution in [-0.4, -0.2) is 23.4 Å². The molecule has 0 aliphatic carbocycles. The Labute approximate surface area is 159 Å². The second-order valence-corrected chi connectivity index (χ2v) is 7.46. The second kappa shape index (κ2) is 7.09. The predicted octanol–water partition coefficient (Wildman–Crippen LogP) is 4.14. The van der Waals surface area contributed by atoms with Crippen molar-refractivity contribution >= 4 is 38.6 Å². The molecule has 1 aliphatic rings. The number of carbonyl (C=O) groups excluding carboxylic acids is 1. The fraction of sp³-hybridized carbons (Fsp3) is 0.200. The molecule has 1 atom stereocenters. The number of benzene rings is 1. The topological polar surface area (TPSA) is 77.2 Å². The summed E-state index contributed by atoms with van der Waals surface area (Å²) in [6.45, 7) is 2.33. The van der Waals surface area contributed by atoms with Crippen LogP contribution in [0, 0.1) is 5.82 Å². The monoisotopic (exact) mass is 383 g/mol. The largest absolute Gasteiger partial charge is 0.453 e. The molecule has 2 aromatic heterocycles. The molecule has 3 heterocycles. The van der Waals surface area contributed by atoms with Gasteiger partial charge in [-0.05, 0) is 37.1 Å². The van der Waals surface area contributed by atoms with E-state index in [9.17, 15) is 9.18 Å². The first-order valence-electron chi connectivity index (χ1n) is 8.57. The molecule has 0 fully saturated rings. The molecule has 4 rings (SSSR count). The molecule has 0 saturated carbocycles. The summed E-state index contributed by atoms with van der Waals surface area (Å²) in [6, 6.07) is 7.78. The van der Waals surface area contributed by atoms with Gasteiger partial charge in [0.2, 0.25) is 0 Å². The van der Waals surface area contributed by atoms with Gasteiger partial charge in [0.25, 0.3) is 0 Å². The zero-order valence-electron chi connectivity index (χ0n) is 14.7. The first-order chi connectivity index (χ1) is 13.0. The zero-order chi connectivity index (χ0) is 19.0. The number of thiophene rings is 1. The summed E-state index contributed by atoms with van der Waals surface area (Å²) in [5, 5.41) is 3.19. The van der Waals surface area contributed by atoms with Crippen molar-refractivity contribution in [1.29, 1.82) is 0 Å². The third-order valence-corrected chi connectivity index (χ3v) is 5.65. The summed E-state index contributed by atoms with van der Waals surface area (Å²) in [7, 11) is 0. The first kappa shape index (κ1) is 17.6. The molecule has 0 spiro atoms. The van der Waals surface area contributed by atoms with Gasteiger partial charge in [0.05, 0.1) is 16.3 Å². The predicted molar refractivity (Wildman–Crippen MR) is 106 cm³/mol. The zero-order valence-corrected chi connectivity index (χ0v) is 15.5. The highest BCUT2D eigenvalue weighted by atomic mass is 32.1. The molecule has 1 unspecified atom stereocenters. The van der Waals surface area contributed by atoms with E-state index in [1.54, 1.807) is 25.3 Å². The van der Waals surface area contributed by atoms with Gasteiger partial charge in [-0.25, -0.2) is 4.39 Å². The summed E-state index contributed by atoms with van der Waals surface area (Å²) in [5.74, 6) is 0.235. The number of halogens is 1. The Balaban J connectivity index is 1.71. The van der Waals surface area contributed by atoms with Crippen LogP contribution in [0.5, 0.6) is 11.5 Å². The van der Waals surface area contributed by atoms with Crippen LogP contribution >= 0.6 is 11.3 Å². The molecular formula is C20H18FN3O2S. The van der Waals surface area contributed by atoms with Gasteiger partial charge in [-0.15, -0.1) is 11.3 Å². The molecule has 1 aliphatic heterocycles. The lowest BCUT2D eigenvalue weighted by Gasteiger charge is -2.20. The van der Waals surface area contributed by atoms with E-state index in [1.165, 1.54) is 23.5 Å². The molecule has 138 valence electrons. The number of rotatable bonds is 4. The van der Waals surface area contributed by atoms with Crippen molar-refractivity contribution < 1.29 is 13.9 Å². The van der Waals surface area contributed by atoms with E-state index in [-0.39, 0.29) is 17.6 Å². The molecule has 27 heavy (non-hydrogen) atoms. The number of anilines is 1. The van der Waals surface area contributed by atoms with Crippen molar-refractivity contribution in [2.45, 2.75) is 19.4 Å². The van der Waals surface area contributed by atoms with E-state index in [0.717, 1.165) is 33.6 Å². The third kappa shape index (κ3) is 3.56. The average Bonchev–Trinajstić information content (AvgIpc) is 3.09. The number of fused-ring (bicyclic) bond motifs is 1. The van der Waals surface area contributed by atoms with Crippen molar-refractivity contribution in [2.24, 2.45) is 0 Å². The second-order valence-electron chi connectivity index (χ2n) is 6.41. The number of Topliss-reactive ketones (excluding diaryl/α,β-unsaturated/α-hetero) is 1. The van der Waals surface area contributed by atoms with E-state index in [2.05, 4.69) is 10.3 Å². The van der Waals surface area contributed by atoms with E-state index >= 15 is 0 Å². The summed E-state index contributed by atoms with van der Waals surface area (Å²) >= 11 is 1.53. The van der Waals surface area contributed by atoms with Crippen molar-refractivity contribution in [2.75, 3.05) is 12.3 Å². The number of carbonyl (C=O) groups is 1. The molecule has 7 heteroatoms. The number of nitrogen functional groups attached to an aromatic ring is 1. The lowest BCUT2D eigenvalue weighted by Crippen LogP contribution is -2.37. The fourth-order valence-electron chi connectivity index (χ4n) is 3.04. The molecule has 0 radical (unpaired) electrons. The summed E-state index contributed by atoms with van der Waals surface area (Å²) in [5.41, 5.74) is 7.83. The maximum Gasteiger partial charge on any atom is 0.167 e. The third-order valence-electron chi connectivity index (χ3n) is 4.43. The number of nitrogens with zero attached hydrogens (tertiary/aromatic N) is 1. The SMILES string of the molecule is CC(=O)C1C=C(c2cc3nccc(Oc4ccc(N)cc4F)c3s2)CCN1. The van der Waals surface area contributed by atoms with Crippen LogP contribution in [0.4, 0.5) is 10.1 Å². The minimum absolute atomic E-state index is 0.0919. The van der Waals surface area contributed by atoms with E-state index < -0.39 is 5.82 Å². The molecule has 0 bridgehead atoms. The summed E-state index contributed by atoms with van der Waals surface area (Å²) in [6.07, 6.45) is 4.44. The fourth-order valence-corrected chi connectivity index (χ4v) is 4.16. The van der Waals surface area contributed by atoms with Crippen molar-refractivity contribution in [3.63, 3.8) is 0 Å². The molecule has 5 nitrogen and oxygen atoms in total. The summed E-state index contributed by atoms with van der Waals surface area (Å²) in [4.78, 5) is 17.1. The molecule has 0 saturated heterocycles. The number of nitrogens with one attached hydrogen (secondary N) is 1. The minimum atomic E-state index is -0.512. The molecule has 3 N–H and O–H groups in total. The summed E-state index contributed by atoms with van der Waals surface area (Å²) < 4.78 is 20.7. The standard InChI is InChI=1S/C20H18FN3O2S/c1-11(25)15-8-12(4-6-23-15)19-10-16-20(27-19)18(5-7-24-16)26-17-3-2-13(22)9-14(17)21/h2-3,5,7-10,15,23H,4,6,22H2,1H3. The van der Waals surface area contributed by atoms with Crippen molar-refractivity contribution in [3.05, 3.63) is 53.3 Å². The maximum absolute atomic E-state index is 14.1. The smallest absolute Gasteiger partial charge is 0.167 e. The first-order valence-corrected chi connectivity index (χ1v) is 9.39. The van der Waals surface area contributed by atoms with Gasteiger partial charge < -0.3 is 15.8 Å². The average molecular weight is 383 g/mol. The number of ether oxygens (including phenoxy) is 1. The Hall–Kier alpha value is -2.77. The molecule has 3 aromatic rings. The Morgan fingerprint density at radius 2 is 2.19 bits per heavy atom. The number of pyridine rings is 1. The molecular weight excluding hydrogens is 365 g/mol. The van der Waals surface area contributed by atoms with Crippen LogP contribution in [0.3, 0.4) is 0 Å². The number of nitrogens with two attached hydrogens (primary N) is 1. The van der Waals surface area contributed by atoms with Crippen molar-refractivity contribution in [3.8, 4) is 11.5 Å². The molecule has 0 amide bonds. The van der Waals surface area contributed by atoms with Crippen LogP contribution in [0.2, 0.25) is 0 Å². The highest BCUT2D eigenvalue weighted by Gasteiger charge is 2.20. The van der Waals surface area contributed by atoms with Crippen LogP contribution in [-0.2, 0) is 4.79 Å². The number of hydrogen-bond donors (Lipinski definition) is 2. The van der Waals surface area contributed by atoms with Crippen LogP contribution < -0.4 is 15.8 Å². The Kier molecular flexibility index (Phi) is 4.63. The lowest BCUT2D eigenvalue weighted by atomic mass is 10.0. The highest BCUT2D eigenvalue weighted by molar-refractivity contribution is 7.20. The number of aromatic nitrogens is 1. The van der Waals surface area contributed by atoms with Gasteiger partial charge in [-0.3, -0.25) is 9.78 Å². The van der Waals surface area contributed by atoms with E-state index in [0.29, 0.717) is 11.4 Å². The van der Waals surface area contributed by atoms with Crippen molar-refractivity contribution in [1.82, 2.24) is 10.3 Å². The van der Waals surface area contributed by atoms with Crippen LogP contribution in [0.25, 0.3) is 15.8 Å². The van der Waals surface area contributed by atoms with E-state index in [4.69, 9.17) is 10.5 Å².